The molecule has 0 saturated carbocycles. The number of ether oxygens (including phenoxy) is 1. The van der Waals surface area contributed by atoms with Crippen LogP contribution < -0.4 is 9.46 Å². The van der Waals surface area contributed by atoms with Crippen molar-refractivity contribution < 1.29 is 13.7 Å². The molecule has 0 aliphatic rings. The van der Waals surface area contributed by atoms with E-state index in [1.165, 1.54) is 11.1 Å². The average molecular weight is 532 g/mol. The number of nitrogens with one attached hydrogen (secondary N) is 1. The van der Waals surface area contributed by atoms with Crippen molar-refractivity contribution in [2.45, 2.75) is 85.8 Å². The maximum Gasteiger partial charge on any atom is 0.175 e. The lowest BCUT2D eigenvalue weighted by Crippen LogP contribution is -2.27. The van der Waals surface area contributed by atoms with Crippen molar-refractivity contribution in [3.8, 4) is 5.75 Å². The van der Waals surface area contributed by atoms with Crippen LogP contribution in [0.4, 0.5) is 5.69 Å². The summed E-state index contributed by atoms with van der Waals surface area (Å²) in [6, 6.07) is 12.8. The van der Waals surface area contributed by atoms with E-state index in [0.29, 0.717) is 11.0 Å². The summed E-state index contributed by atoms with van der Waals surface area (Å²) in [5.74, 6) is 2.36. The second kappa shape index (κ2) is 13.1. The lowest BCUT2D eigenvalue weighted by atomic mass is 9.70. The van der Waals surface area contributed by atoms with E-state index in [1.54, 1.807) is 0 Å². The number of hydrogen-bond donors (Lipinski definition) is 1. The molecule has 2 aromatic rings. The quantitative estimate of drug-likeness (QED) is 0.289. The Morgan fingerprint density at radius 1 is 1.00 bits per heavy atom. The summed E-state index contributed by atoms with van der Waals surface area (Å²) < 4.78 is 21.6. The van der Waals surface area contributed by atoms with Gasteiger partial charge >= 0.3 is 0 Å². The van der Waals surface area contributed by atoms with Gasteiger partial charge in [-0.2, -0.15) is 11.8 Å². The monoisotopic (exact) mass is 531 g/mol. The molecule has 2 rings (SSSR count). The summed E-state index contributed by atoms with van der Waals surface area (Å²) in [5.41, 5.74) is 5.01. The molecule has 0 aliphatic heterocycles. The van der Waals surface area contributed by atoms with E-state index in [4.69, 9.17) is 4.74 Å². The maximum absolute atomic E-state index is 12.5. The number of rotatable bonds is 13. The molecule has 0 heterocycles. The standard InChI is InChI=1S/C30H45NO3S2/c1-10-30(11-2,25-13-15-27(23(6)19-25)34-20-28(32)29(7,8)9)24-12-14-26(22(5)18-24)31-36(33)17-16-35-21(3)4/h12-15,18-19,21,31H,10-11,16-17,20H2,1-9H3. The molecule has 0 amide bonds. The first kappa shape index (κ1) is 30.4. The summed E-state index contributed by atoms with van der Waals surface area (Å²) >= 11 is 1.83. The SMILES string of the molecule is CCC(CC)(c1ccc(NS(=O)CCSC(C)C)c(C)c1)c1ccc(OCC(=O)C(C)(C)C)c(C)c1. The van der Waals surface area contributed by atoms with Crippen molar-refractivity contribution in [1.82, 2.24) is 0 Å². The molecule has 2 aromatic carbocycles. The Hall–Kier alpha value is -1.79. The van der Waals surface area contributed by atoms with Gasteiger partial charge in [-0.05, 0) is 66.3 Å². The molecule has 6 heteroatoms. The Morgan fingerprint density at radius 3 is 2.08 bits per heavy atom. The van der Waals surface area contributed by atoms with Gasteiger partial charge in [0, 0.05) is 22.3 Å². The van der Waals surface area contributed by atoms with Crippen molar-refractivity contribution in [2.75, 3.05) is 22.8 Å². The molecule has 200 valence electrons. The van der Waals surface area contributed by atoms with Crippen LogP contribution in [-0.4, -0.2) is 33.4 Å². The fourth-order valence-electron chi connectivity index (χ4n) is 4.31. The molecule has 4 nitrogen and oxygen atoms in total. The summed E-state index contributed by atoms with van der Waals surface area (Å²) in [6.45, 7) is 18.7. The highest BCUT2D eigenvalue weighted by Gasteiger charge is 2.31. The Labute approximate surface area is 226 Å². The Balaban J connectivity index is 2.26. The molecule has 0 aliphatic carbocycles. The van der Waals surface area contributed by atoms with Gasteiger partial charge in [-0.15, -0.1) is 0 Å². The number of benzene rings is 2. The molecule has 0 spiro atoms. The molecule has 0 bridgehead atoms. The van der Waals surface area contributed by atoms with Crippen LogP contribution in [0, 0.1) is 19.3 Å². The zero-order valence-corrected chi connectivity index (χ0v) is 25.3. The van der Waals surface area contributed by atoms with Gasteiger partial charge in [0.05, 0.1) is 5.75 Å². The van der Waals surface area contributed by atoms with E-state index in [1.807, 2.05) is 45.5 Å². The Kier molecular flexibility index (Phi) is 11.1. The molecular weight excluding hydrogens is 486 g/mol. The molecule has 1 N–H and O–H groups in total. The summed E-state index contributed by atoms with van der Waals surface area (Å²) in [5, 5.41) is 0.550. The predicted molar refractivity (Wildman–Crippen MR) is 158 cm³/mol. The second-order valence-electron chi connectivity index (χ2n) is 10.8. The van der Waals surface area contributed by atoms with Crippen molar-refractivity contribution >= 4 is 34.2 Å². The van der Waals surface area contributed by atoms with E-state index in [-0.39, 0.29) is 17.8 Å². The van der Waals surface area contributed by atoms with E-state index in [9.17, 15) is 9.00 Å². The van der Waals surface area contributed by atoms with E-state index in [2.05, 4.69) is 69.7 Å². The topological polar surface area (TPSA) is 55.4 Å². The smallest absolute Gasteiger partial charge is 0.175 e. The highest BCUT2D eigenvalue weighted by atomic mass is 32.2. The third-order valence-electron chi connectivity index (χ3n) is 6.85. The fraction of sp³-hybridized carbons (Fsp3) is 0.567. The zero-order valence-electron chi connectivity index (χ0n) is 23.6. The van der Waals surface area contributed by atoms with Gasteiger partial charge < -0.3 is 9.46 Å². The lowest BCUT2D eigenvalue weighted by molar-refractivity contribution is -0.128. The number of carbonyl (C=O) groups is 1. The normalized spacial score (nSPS) is 13.1. The van der Waals surface area contributed by atoms with Crippen LogP contribution in [0.25, 0.3) is 0 Å². The van der Waals surface area contributed by atoms with Gasteiger partial charge in [0.2, 0.25) is 0 Å². The van der Waals surface area contributed by atoms with Crippen LogP contribution in [0.2, 0.25) is 0 Å². The van der Waals surface area contributed by atoms with E-state index < -0.39 is 16.4 Å². The number of thioether (sulfide) groups is 1. The van der Waals surface area contributed by atoms with Gasteiger partial charge in [-0.25, -0.2) is 4.21 Å². The first-order valence-electron chi connectivity index (χ1n) is 13.0. The Bertz CT molecular complexity index is 1050. The first-order valence-corrected chi connectivity index (χ1v) is 15.4. The van der Waals surface area contributed by atoms with Crippen LogP contribution in [0.1, 0.15) is 83.6 Å². The predicted octanol–water partition coefficient (Wildman–Crippen LogP) is 7.62. The Morgan fingerprint density at radius 2 is 1.58 bits per heavy atom. The molecule has 1 unspecified atom stereocenters. The molecule has 1 atom stereocenters. The van der Waals surface area contributed by atoms with Crippen LogP contribution in [-0.2, 0) is 21.2 Å². The number of ketones is 1. The summed E-state index contributed by atoms with van der Waals surface area (Å²) in [6.07, 6.45) is 1.91. The third-order valence-corrected chi connectivity index (χ3v) is 9.24. The molecule has 0 aromatic heterocycles. The molecular formula is C30H45NO3S2. The van der Waals surface area contributed by atoms with Crippen molar-refractivity contribution in [3.63, 3.8) is 0 Å². The zero-order chi connectivity index (χ0) is 27.1. The van der Waals surface area contributed by atoms with Crippen molar-refractivity contribution in [3.05, 3.63) is 58.7 Å². The minimum absolute atomic E-state index is 0.0849. The number of Topliss-reactive ketones (excluding diaryl/α,β-unsaturated/α-hetero) is 1. The van der Waals surface area contributed by atoms with Crippen LogP contribution in [0.3, 0.4) is 0 Å². The van der Waals surface area contributed by atoms with Gasteiger partial charge in [-0.1, -0.05) is 72.7 Å². The summed E-state index contributed by atoms with van der Waals surface area (Å²) in [4.78, 5) is 12.3. The number of anilines is 1. The van der Waals surface area contributed by atoms with E-state index >= 15 is 0 Å². The first-order chi connectivity index (χ1) is 16.8. The van der Waals surface area contributed by atoms with Crippen LogP contribution in [0.15, 0.2) is 36.4 Å². The fourth-order valence-corrected chi connectivity index (χ4v) is 6.35. The maximum atomic E-state index is 12.5. The van der Waals surface area contributed by atoms with E-state index in [0.717, 1.165) is 41.2 Å². The lowest BCUT2D eigenvalue weighted by Gasteiger charge is -2.34. The van der Waals surface area contributed by atoms with Gasteiger partial charge in [0.15, 0.2) is 5.78 Å². The second-order valence-corrected chi connectivity index (χ2v) is 13.8. The highest BCUT2D eigenvalue weighted by Crippen LogP contribution is 2.41. The van der Waals surface area contributed by atoms with Gasteiger partial charge in [0.1, 0.15) is 23.3 Å². The van der Waals surface area contributed by atoms with Gasteiger partial charge in [0.25, 0.3) is 0 Å². The minimum Gasteiger partial charge on any atom is -0.486 e. The third kappa shape index (κ3) is 7.85. The van der Waals surface area contributed by atoms with Crippen molar-refractivity contribution in [2.24, 2.45) is 5.41 Å². The number of carbonyl (C=O) groups excluding carboxylic acids is 1. The minimum atomic E-state index is -1.09. The average Bonchev–Trinajstić information content (AvgIpc) is 2.80. The molecule has 36 heavy (non-hydrogen) atoms. The van der Waals surface area contributed by atoms with Gasteiger partial charge in [-0.3, -0.25) is 4.79 Å². The summed E-state index contributed by atoms with van der Waals surface area (Å²) in [7, 11) is -1.09. The molecule has 0 radical (unpaired) electrons. The van der Waals surface area contributed by atoms with Crippen LogP contribution in [0.5, 0.6) is 5.75 Å². The molecule has 0 fully saturated rings. The highest BCUT2D eigenvalue weighted by molar-refractivity contribution is 8.00. The number of aryl methyl sites for hydroxylation is 2. The van der Waals surface area contributed by atoms with Crippen molar-refractivity contribution in [1.29, 1.82) is 0 Å². The largest absolute Gasteiger partial charge is 0.486 e. The molecule has 0 saturated heterocycles. The van der Waals surface area contributed by atoms with Crippen LogP contribution >= 0.6 is 11.8 Å². The number of hydrogen-bond acceptors (Lipinski definition) is 4.